The zero-order valence-corrected chi connectivity index (χ0v) is 10.2. The first-order chi connectivity index (χ1) is 7.91. The van der Waals surface area contributed by atoms with Gasteiger partial charge >= 0.3 is 0 Å². The van der Waals surface area contributed by atoms with Crippen molar-refractivity contribution in [3.63, 3.8) is 0 Å². The quantitative estimate of drug-likeness (QED) is 0.823. The topological polar surface area (TPSA) is 43.8 Å². The molecule has 0 amide bonds. The second-order valence-electron chi connectivity index (χ2n) is 3.41. The lowest BCUT2D eigenvalue weighted by atomic mass is 10.3. The summed E-state index contributed by atoms with van der Waals surface area (Å²) in [7, 11) is 0. The molecule has 1 heterocycles. The van der Waals surface area contributed by atoms with Crippen LogP contribution in [-0.4, -0.2) is 9.78 Å². The third-order valence-corrected chi connectivity index (χ3v) is 3.22. The van der Waals surface area contributed by atoms with E-state index in [9.17, 15) is 13.2 Å². The van der Waals surface area contributed by atoms with Crippen LogP contribution in [0.1, 0.15) is 5.69 Å². The molecule has 3 nitrogen and oxygen atoms in total. The smallest absolute Gasteiger partial charge is 0.161 e. The predicted molar refractivity (Wildman–Crippen MR) is 60.3 cm³/mol. The number of benzene rings is 1. The number of anilines is 1. The summed E-state index contributed by atoms with van der Waals surface area (Å²) in [6.45, 7) is 1.65. The van der Waals surface area contributed by atoms with Crippen LogP contribution in [-0.2, 0) is 0 Å². The van der Waals surface area contributed by atoms with Gasteiger partial charge in [0, 0.05) is 12.1 Å². The molecular formula is C10H7BrF3N3. The van der Waals surface area contributed by atoms with Crippen LogP contribution in [0.2, 0.25) is 0 Å². The van der Waals surface area contributed by atoms with Crippen molar-refractivity contribution in [2.45, 2.75) is 6.92 Å². The number of hydrogen-bond acceptors (Lipinski definition) is 2. The molecule has 0 aliphatic rings. The molecule has 0 unspecified atom stereocenters. The summed E-state index contributed by atoms with van der Waals surface area (Å²) in [5.74, 6) is -3.24. The molecule has 7 heteroatoms. The highest BCUT2D eigenvalue weighted by atomic mass is 79.9. The molecule has 1 aromatic carbocycles. The van der Waals surface area contributed by atoms with Crippen molar-refractivity contribution in [3.05, 3.63) is 39.8 Å². The van der Waals surface area contributed by atoms with E-state index in [2.05, 4.69) is 21.0 Å². The van der Waals surface area contributed by atoms with Crippen molar-refractivity contribution in [2.24, 2.45) is 0 Å². The molecule has 0 atom stereocenters. The normalized spacial score (nSPS) is 10.9. The van der Waals surface area contributed by atoms with Crippen molar-refractivity contribution >= 4 is 21.7 Å². The number of rotatable bonds is 1. The standard InChI is InChI=1S/C10H7BrF3N3/c1-4-9(11)10(15)17(16-4)8-3-6(13)5(12)2-7(8)14/h2-3H,15H2,1H3. The van der Waals surface area contributed by atoms with Crippen molar-refractivity contribution in [1.82, 2.24) is 9.78 Å². The molecule has 0 fully saturated rings. The Hall–Kier alpha value is -1.50. The number of nitrogens with two attached hydrogens (primary N) is 1. The number of nitrogen functional groups attached to an aromatic ring is 1. The molecule has 17 heavy (non-hydrogen) atoms. The first-order valence-electron chi connectivity index (χ1n) is 4.57. The molecule has 2 N–H and O–H groups in total. The number of halogens is 4. The van der Waals surface area contributed by atoms with Crippen molar-refractivity contribution in [3.8, 4) is 5.69 Å². The monoisotopic (exact) mass is 305 g/mol. The molecule has 90 valence electrons. The van der Waals surface area contributed by atoms with Crippen molar-refractivity contribution in [2.75, 3.05) is 5.73 Å². The maximum absolute atomic E-state index is 13.5. The molecule has 0 saturated carbocycles. The molecule has 0 aliphatic heterocycles. The second kappa shape index (κ2) is 4.06. The Morgan fingerprint density at radius 3 is 2.29 bits per heavy atom. The minimum atomic E-state index is -1.26. The second-order valence-corrected chi connectivity index (χ2v) is 4.21. The Balaban J connectivity index is 2.68. The fourth-order valence-electron chi connectivity index (χ4n) is 1.38. The first kappa shape index (κ1) is 12.0. The summed E-state index contributed by atoms with van der Waals surface area (Å²) in [6.07, 6.45) is 0. The van der Waals surface area contributed by atoms with Gasteiger partial charge in [-0.15, -0.1) is 0 Å². The van der Waals surface area contributed by atoms with Crippen molar-refractivity contribution in [1.29, 1.82) is 0 Å². The van der Waals surface area contributed by atoms with E-state index in [1.807, 2.05) is 0 Å². The van der Waals surface area contributed by atoms with Gasteiger partial charge in [0.1, 0.15) is 11.5 Å². The van der Waals surface area contributed by atoms with Gasteiger partial charge in [-0.25, -0.2) is 17.9 Å². The molecule has 0 aliphatic carbocycles. The van der Waals surface area contributed by atoms with Crippen LogP contribution in [0, 0.1) is 24.4 Å². The van der Waals surface area contributed by atoms with Gasteiger partial charge in [-0.1, -0.05) is 0 Å². The van der Waals surface area contributed by atoms with E-state index >= 15 is 0 Å². The van der Waals surface area contributed by atoms with E-state index < -0.39 is 17.5 Å². The highest BCUT2D eigenvalue weighted by Crippen LogP contribution is 2.27. The lowest BCUT2D eigenvalue weighted by Crippen LogP contribution is -2.06. The fourth-order valence-corrected chi connectivity index (χ4v) is 1.63. The van der Waals surface area contributed by atoms with E-state index in [1.165, 1.54) is 0 Å². The van der Waals surface area contributed by atoms with E-state index in [4.69, 9.17) is 5.73 Å². The Bertz CT molecular complexity index is 595. The van der Waals surface area contributed by atoms with E-state index in [0.717, 1.165) is 4.68 Å². The fraction of sp³-hybridized carbons (Fsp3) is 0.100. The first-order valence-corrected chi connectivity index (χ1v) is 5.36. The van der Waals surface area contributed by atoms with E-state index in [-0.39, 0.29) is 11.5 Å². The molecular weight excluding hydrogens is 299 g/mol. The number of nitrogens with zero attached hydrogens (tertiary/aromatic N) is 2. The number of hydrogen-bond donors (Lipinski definition) is 1. The molecule has 1 aromatic heterocycles. The zero-order chi connectivity index (χ0) is 12.7. The summed E-state index contributed by atoms with van der Waals surface area (Å²) in [6, 6.07) is 1.16. The van der Waals surface area contributed by atoms with Gasteiger partial charge in [0.15, 0.2) is 17.5 Å². The maximum Gasteiger partial charge on any atom is 0.161 e. The summed E-state index contributed by atoms with van der Waals surface area (Å²) >= 11 is 3.16. The number of aryl methyl sites for hydroxylation is 1. The minimum absolute atomic E-state index is 0.118. The van der Waals surface area contributed by atoms with Gasteiger partial charge in [0.05, 0.1) is 10.2 Å². The Labute approximate surface area is 103 Å². The SMILES string of the molecule is Cc1nn(-c2cc(F)c(F)cc2F)c(N)c1Br. The van der Waals surface area contributed by atoms with Crippen LogP contribution in [0.5, 0.6) is 0 Å². The van der Waals surface area contributed by atoms with Crippen LogP contribution in [0.4, 0.5) is 19.0 Å². The van der Waals surface area contributed by atoms with Gasteiger partial charge in [-0.3, -0.25) is 0 Å². The molecule has 0 radical (unpaired) electrons. The van der Waals surface area contributed by atoms with Crippen LogP contribution in [0.3, 0.4) is 0 Å². The van der Waals surface area contributed by atoms with Gasteiger partial charge in [0.2, 0.25) is 0 Å². The van der Waals surface area contributed by atoms with Gasteiger partial charge < -0.3 is 5.73 Å². The third kappa shape index (κ3) is 1.90. The maximum atomic E-state index is 13.5. The Kier molecular flexibility index (Phi) is 2.86. The van der Waals surface area contributed by atoms with Crippen LogP contribution in [0.15, 0.2) is 16.6 Å². The lowest BCUT2D eigenvalue weighted by Gasteiger charge is -2.06. The average molecular weight is 306 g/mol. The van der Waals surface area contributed by atoms with Crippen LogP contribution < -0.4 is 5.73 Å². The molecule has 2 rings (SSSR count). The lowest BCUT2D eigenvalue weighted by molar-refractivity contribution is 0.491. The van der Waals surface area contributed by atoms with Crippen LogP contribution in [0.25, 0.3) is 5.69 Å². The summed E-state index contributed by atoms with van der Waals surface area (Å²) in [4.78, 5) is 0. The zero-order valence-electron chi connectivity index (χ0n) is 8.64. The Morgan fingerprint density at radius 1 is 1.18 bits per heavy atom. The summed E-state index contributed by atoms with van der Waals surface area (Å²) < 4.78 is 40.8. The number of aromatic nitrogens is 2. The minimum Gasteiger partial charge on any atom is -0.383 e. The van der Waals surface area contributed by atoms with Gasteiger partial charge in [-0.2, -0.15) is 5.10 Å². The van der Waals surface area contributed by atoms with Crippen LogP contribution >= 0.6 is 15.9 Å². The molecule has 0 spiro atoms. The molecule has 0 saturated heterocycles. The molecule has 2 aromatic rings. The van der Waals surface area contributed by atoms with Gasteiger partial charge in [0.25, 0.3) is 0 Å². The van der Waals surface area contributed by atoms with E-state index in [0.29, 0.717) is 22.3 Å². The largest absolute Gasteiger partial charge is 0.383 e. The highest BCUT2D eigenvalue weighted by Gasteiger charge is 2.17. The van der Waals surface area contributed by atoms with Gasteiger partial charge in [-0.05, 0) is 22.9 Å². The van der Waals surface area contributed by atoms with E-state index in [1.54, 1.807) is 6.92 Å². The molecule has 0 bridgehead atoms. The highest BCUT2D eigenvalue weighted by molar-refractivity contribution is 9.10. The Morgan fingerprint density at radius 2 is 1.76 bits per heavy atom. The average Bonchev–Trinajstić information content (AvgIpc) is 2.51. The predicted octanol–water partition coefficient (Wildman–Crippen LogP) is 2.94. The third-order valence-electron chi connectivity index (χ3n) is 2.24. The summed E-state index contributed by atoms with van der Waals surface area (Å²) in [5.41, 5.74) is 5.94. The summed E-state index contributed by atoms with van der Waals surface area (Å²) in [5, 5.41) is 3.93. The van der Waals surface area contributed by atoms with Crippen molar-refractivity contribution < 1.29 is 13.2 Å².